The Bertz CT molecular complexity index is 817. The second kappa shape index (κ2) is 6.89. The quantitative estimate of drug-likeness (QED) is 0.841. The summed E-state index contributed by atoms with van der Waals surface area (Å²) in [7, 11) is -3.56. The number of rotatable bonds is 3. The van der Waals surface area contributed by atoms with E-state index in [1.165, 1.54) is 0 Å². The van der Waals surface area contributed by atoms with Crippen LogP contribution in [0.4, 0.5) is 5.69 Å². The van der Waals surface area contributed by atoms with E-state index in [2.05, 4.69) is 17.2 Å². The second-order valence-electron chi connectivity index (χ2n) is 4.57. The standard InChI is InChI=1S/C16H14N2O3S/c17-22(20,21)12-14-6-9-15(10-7-14)18-16(19)11-8-13-4-2-1-3-5-13/h1-7,9-10H,12H2,(H,18,19)(H2,17,20,21). The average molecular weight is 314 g/mol. The Balaban J connectivity index is 1.99. The van der Waals surface area contributed by atoms with E-state index in [1.807, 2.05) is 30.3 Å². The number of nitrogens with two attached hydrogens (primary N) is 1. The molecule has 5 nitrogen and oxygen atoms in total. The van der Waals surface area contributed by atoms with Crippen LogP contribution in [0.3, 0.4) is 0 Å². The van der Waals surface area contributed by atoms with E-state index in [9.17, 15) is 13.2 Å². The number of hydrogen-bond acceptors (Lipinski definition) is 3. The van der Waals surface area contributed by atoms with E-state index >= 15 is 0 Å². The average Bonchev–Trinajstić information content (AvgIpc) is 2.47. The van der Waals surface area contributed by atoms with Crippen LogP contribution in [0.5, 0.6) is 0 Å². The van der Waals surface area contributed by atoms with Crippen molar-refractivity contribution in [2.75, 3.05) is 5.32 Å². The molecule has 0 unspecified atom stereocenters. The Kier molecular flexibility index (Phi) is 4.94. The number of carbonyl (C=O) groups excluding carboxylic acids is 1. The van der Waals surface area contributed by atoms with Gasteiger partial charge in [0.1, 0.15) is 0 Å². The molecule has 0 aliphatic carbocycles. The molecule has 0 heterocycles. The maximum absolute atomic E-state index is 11.7. The summed E-state index contributed by atoms with van der Waals surface area (Å²) in [6.45, 7) is 0. The van der Waals surface area contributed by atoms with Gasteiger partial charge in [0.2, 0.25) is 10.0 Å². The minimum Gasteiger partial charge on any atom is -0.315 e. The smallest absolute Gasteiger partial charge is 0.300 e. The molecule has 6 heteroatoms. The first-order chi connectivity index (χ1) is 10.4. The maximum Gasteiger partial charge on any atom is 0.300 e. The van der Waals surface area contributed by atoms with Crippen molar-refractivity contribution in [1.82, 2.24) is 0 Å². The van der Waals surface area contributed by atoms with Crippen molar-refractivity contribution < 1.29 is 13.2 Å². The highest BCUT2D eigenvalue weighted by atomic mass is 32.2. The van der Waals surface area contributed by atoms with Gasteiger partial charge in [-0.25, -0.2) is 13.6 Å². The molecule has 0 spiro atoms. The molecule has 2 aromatic rings. The van der Waals surface area contributed by atoms with Crippen LogP contribution >= 0.6 is 0 Å². The fourth-order valence-corrected chi connectivity index (χ4v) is 2.39. The lowest BCUT2D eigenvalue weighted by Crippen LogP contribution is -2.14. The molecule has 0 aliphatic heterocycles. The first-order valence-electron chi connectivity index (χ1n) is 6.40. The molecule has 0 aromatic heterocycles. The fraction of sp³-hybridized carbons (Fsp3) is 0.0625. The lowest BCUT2D eigenvalue weighted by atomic mass is 10.2. The van der Waals surface area contributed by atoms with Crippen LogP contribution in [0.1, 0.15) is 11.1 Å². The first-order valence-corrected chi connectivity index (χ1v) is 8.11. The topological polar surface area (TPSA) is 89.3 Å². The third kappa shape index (κ3) is 5.40. The summed E-state index contributed by atoms with van der Waals surface area (Å²) in [6.07, 6.45) is 0. The largest absolute Gasteiger partial charge is 0.315 e. The number of carbonyl (C=O) groups is 1. The van der Waals surface area contributed by atoms with Gasteiger partial charge in [-0.3, -0.25) is 4.79 Å². The Labute approximate surface area is 129 Å². The summed E-state index contributed by atoms with van der Waals surface area (Å²) in [5, 5.41) is 7.57. The van der Waals surface area contributed by atoms with E-state index in [1.54, 1.807) is 24.3 Å². The van der Waals surface area contributed by atoms with Crippen molar-refractivity contribution in [2.24, 2.45) is 5.14 Å². The minimum absolute atomic E-state index is 0.241. The van der Waals surface area contributed by atoms with E-state index in [-0.39, 0.29) is 5.75 Å². The zero-order chi connectivity index (χ0) is 16.0. The SMILES string of the molecule is NS(=O)(=O)Cc1ccc(NC(=O)C#Cc2ccccc2)cc1. The van der Waals surface area contributed by atoms with Gasteiger partial charge in [0.25, 0.3) is 0 Å². The third-order valence-electron chi connectivity index (χ3n) is 2.67. The summed E-state index contributed by atoms with van der Waals surface area (Å²) in [5.41, 5.74) is 1.84. The molecule has 1 amide bonds. The Morgan fingerprint density at radius 2 is 1.68 bits per heavy atom. The molecule has 0 saturated carbocycles. The molecule has 0 atom stereocenters. The molecular formula is C16H14N2O3S. The number of nitrogens with one attached hydrogen (secondary N) is 1. The van der Waals surface area contributed by atoms with Crippen molar-refractivity contribution in [2.45, 2.75) is 5.75 Å². The summed E-state index contributed by atoms with van der Waals surface area (Å²) < 4.78 is 21.9. The summed E-state index contributed by atoms with van der Waals surface area (Å²) in [5.74, 6) is 4.55. The Hall–Kier alpha value is -2.62. The van der Waals surface area contributed by atoms with Crippen LogP contribution in [0.25, 0.3) is 0 Å². The highest BCUT2D eigenvalue weighted by molar-refractivity contribution is 7.88. The van der Waals surface area contributed by atoms with Crippen LogP contribution in [0, 0.1) is 11.8 Å². The number of primary sulfonamides is 1. The highest BCUT2D eigenvalue weighted by Gasteiger charge is 2.05. The fourth-order valence-electron chi connectivity index (χ4n) is 1.73. The molecule has 0 aliphatic rings. The molecule has 0 fully saturated rings. The summed E-state index contributed by atoms with van der Waals surface area (Å²) >= 11 is 0. The molecule has 2 aromatic carbocycles. The number of amides is 1. The highest BCUT2D eigenvalue weighted by Crippen LogP contribution is 2.11. The predicted molar refractivity (Wildman–Crippen MR) is 85.2 cm³/mol. The van der Waals surface area contributed by atoms with Crippen LogP contribution in [-0.4, -0.2) is 14.3 Å². The normalized spacial score (nSPS) is 10.4. The van der Waals surface area contributed by atoms with Gasteiger partial charge in [0.05, 0.1) is 5.75 Å². The zero-order valence-electron chi connectivity index (χ0n) is 11.6. The zero-order valence-corrected chi connectivity index (χ0v) is 12.4. The number of anilines is 1. The van der Waals surface area contributed by atoms with Crippen molar-refractivity contribution >= 4 is 21.6 Å². The van der Waals surface area contributed by atoms with Gasteiger partial charge >= 0.3 is 5.91 Å². The molecule has 22 heavy (non-hydrogen) atoms. The van der Waals surface area contributed by atoms with E-state index in [0.29, 0.717) is 11.3 Å². The van der Waals surface area contributed by atoms with Gasteiger partial charge in [-0.2, -0.15) is 0 Å². The Morgan fingerprint density at radius 3 is 2.27 bits per heavy atom. The minimum atomic E-state index is -3.56. The molecule has 3 N–H and O–H groups in total. The molecule has 0 radical (unpaired) electrons. The Morgan fingerprint density at radius 1 is 1.05 bits per heavy atom. The first kappa shape index (κ1) is 15.8. The summed E-state index contributed by atoms with van der Waals surface area (Å²) in [4.78, 5) is 11.7. The van der Waals surface area contributed by atoms with E-state index < -0.39 is 15.9 Å². The van der Waals surface area contributed by atoms with Crippen LogP contribution in [-0.2, 0) is 20.6 Å². The monoisotopic (exact) mass is 314 g/mol. The van der Waals surface area contributed by atoms with Gasteiger partial charge in [-0.15, -0.1) is 0 Å². The van der Waals surface area contributed by atoms with E-state index in [4.69, 9.17) is 5.14 Å². The molecule has 0 saturated heterocycles. The molecule has 0 bridgehead atoms. The van der Waals surface area contributed by atoms with Gasteiger partial charge in [-0.1, -0.05) is 36.3 Å². The molecule has 2 rings (SSSR count). The lowest BCUT2D eigenvalue weighted by molar-refractivity contribution is -0.111. The van der Waals surface area contributed by atoms with Crippen LogP contribution < -0.4 is 10.5 Å². The summed E-state index contributed by atoms with van der Waals surface area (Å²) in [6, 6.07) is 15.5. The molecular weight excluding hydrogens is 300 g/mol. The number of hydrogen-bond donors (Lipinski definition) is 2. The second-order valence-corrected chi connectivity index (χ2v) is 6.19. The van der Waals surface area contributed by atoms with Crippen molar-refractivity contribution in [3.8, 4) is 11.8 Å². The van der Waals surface area contributed by atoms with Gasteiger partial charge in [0, 0.05) is 17.2 Å². The number of sulfonamides is 1. The van der Waals surface area contributed by atoms with Crippen molar-refractivity contribution in [3.05, 3.63) is 65.7 Å². The third-order valence-corrected chi connectivity index (χ3v) is 3.41. The van der Waals surface area contributed by atoms with E-state index in [0.717, 1.165) is 5.56 Å². The van der Waals surface area contributed by atoms with Gasteiger partial charge in [0.15, 0.2) is 0 Å². The number of benzene rings is 2. The van der Waals surface area contributed by atoms with Crippen molar-refractivity contribution in [1.29, 1.82) is 0 Å². The predicted octanol–water partition coefficient (Wildman–Crippen LogP) is 1.47. The van der Waals surface area contributed by atoms with Gasteiger partial charge < -0.3 is 5.32 Å². The maximum atomic E-state index is 11.7. The van der Waals surface area contributed by atoms with Crippen LogP contribution in [0.15, 0.2) is 54.6 Å². The lowest BCUT2D eigenvalue weighted by Gasteiger charge is -2.03. The van der Waals surface area contributed by atoms with Crippen LogP contribution in [0.2, 0.25) is 0 Å². The van der Waals surface area contributed by atoms with Gasteiger partial charge in [-0.05, 0) is 29.8 Å². The molecule has 112 valence electrons. The van der Waals surface area contributed by atoms with Crippen molar-refractivity contribution in [3.63, 3.8) is 0 Å².